The largest absolute Gasteiger partial charge is 0.486 e. The maximum atomic E-state index is 13.7. The summed E-state index contributed by atoms with van der Waals surface area (Å²) in [5, 5.41) is 2.44. The number of carbonyl (C=O) groups excluding carboxylic acids is 1. The van der Waals surface area contributed by atoms with Crippen LogP contribution in [0.4, 0.5) is 14.5 Å². The lowest BCUT2D eigenvalue weighted by molar-refractivity contribution is 0.0992. The summed E-state index contributed by atoms with van der Waals surface area (Å²) in [7, 11) is 0. The third-order valence-electron chi connectivity index (χ3n) is 3.26. The molecular weight excluding hydrogens is 396 g/mol. The van der Waals surface area contributed by atoms with Crippen molar-refractivity contribution in [2.75, 3.05) is 5.32 Å². The first-order chi connectivity index (χ1) is 12.0. The standard InChI is InChI=1S/C18H12BrF2NO3/c19-11-1-7-16(15(21)9-11)22-18(23)17-8-6-14(25-17)10-24-13-4-2-12(20)3-5-13/h1-9H,10H2,(H,22,23). The fourth-order valence-corrected chi connectivity index (χ4v) is 2.37. The smallest absolute Gasteiger partial charge is 0.291 e. The van der Waals surface area contributed by atoms with Crippen molar-refractivity contribution in [3.05, 3.63) is 82.2 Å². The monoisotopic (exact) mass is 407 g/mol. The molecule has 0 radical (unpaired) electrons. The van der Waals surface area contributed by atoms with Crippen LogP contribution in [-0.2, 0) is 6.61 Å². The van der Waals surface area contributed by atoms with Gasteiger partial charge in [-0.25, -0.2) is 8.78 Å². The number of nitrogens with one attached hydrogen (secondary N) is 1. The van der Waals surface area contributed by atoms with Gasteiger partial charge in [0.25, 0.3) is 5.91 Å². The first-order valence-corrected chi connectivity index (χ1v) is 8.04. The normalized spacial score (nSPS) is 10.5. The summed E-state index contributed by atoms with van der Waals surface area (Å²) < 4.78 is 38.0. The molecule has 0 aliphatic rings. The van der Waals surface area contributed by atoms with Gasteiger partial charge in [0, 0.05) is 4.47 Å². The summed E-state index contributed by atoms with van der Waals surface area (Å²) in [6, 6.07) is 12.9. The van der Waals surface area contributed by atoms with E-state index in [0.29, 0.717) is 16.0 Å². The molecule has 0 unspecified atom stereocenters. The van der Waals surface area contributed by atoms with Crippen LogP contribution in [0.25, 0.3) is 0 Å². The first kappa shape index (κ1) is 17.2. The molecule has 0 atom stereocenters. The maximum absolute atomic E-state index is 13.7. The van der Waals surface area contributed by atoms with E-state index in [2.05, 4.69) is 21.2 Å². The van der Waals surface area contributed by atoms with Crippen LogP contribution in [0.2, 0.25) is 0 Å². The van der Waals surface area contributed by atoms with Gasteiger partial charge in [-0.2, -0.15) is 0 Å². The lowest BCUT2D eigenvalue weighted by atomic mass is 10.3. The fourth-order valence-electron chi connectivity index (χ4n) is 2.04. The van der Waals surface area contributed by atoms with Gasteiger partial charge in [-0.1, -0.05) is 15.9 Å². The molecule has 1 amide bonds. The van der Waals surface area contributed by atoms with Crippen LogP contribution in [-0.4, -0.2) is 5.91 Å². The molecule has 1 aromatic heterocycles. The van der Waals surface area contributed by atoms with Gasteiger partial charge in [-0.3, -0.25) is 4.79 Å². The lowest BCUT2D eigenvalue weighted by Crippen LogP contribution is -2.12. The minimum Gasteiger partial charge on any atom is -0.486 e. The van der Waals surface area contributed by atoms with Crippen LogP contribution in [0.3, 0.4) is 0 Å². The molecule has 0 bridgehead atoms. The summed E-state index contributed by atoms with van der Waals surface area (Å²) in [6.45, 7) is 0.0750. The van der Waals surface area contributed by atoms with Crippen LogP contribution in [0.5, 0.6) is 5.75 Å². The molecule has 3 rings (SSSR count). The molecule has 7 heteroatoms. The van der Waals surface area contributed by atoms with E-state index in [1.165, 1.54) is 42.5 Å². The summed E-state index contributed by atoms with van der Waals surface area (Å²) in [4.78, 5) is 12.1. The van der Waals surface area contributed by atoms with E-state index < -0.39 is 11.7 Å². The van der Waals surface area contributed by atoms with Crippen molar-refractivity contribution in [3.63, 3.8) is 0 Å². The van der Waals surface area contributed by atoms with Crippen molar-refractivity contribution in [2.24, 2.45) is 0 Å². The average molecular weight is 408 g/mol. The second-order valence-electron chi connectivity index (χ2n) is 5.09. The van der Waals surface area contributed by atoms with Crippen molar-refractivity contribution >= 4 is 27.5 Å². The van der Waals surface area contributed by atoms with Crippen LogP contribution >= 0.6 is 15.9 Å². The highest BCUT2D eigenvalue weighted by Gasteiger charge is 2.14. The Balaban J connectivity index is 1.62. The van der Waals surface area contributed by atoms with Crippen molar-refractivity contribution in [3.8, 4) is 5.75 Å². The van der Waals surface area contributed by atoms with E-state index in [1.54, 1.807) is 12.1 Å². The molecule has 2 aromatic carbocycles. The molecule has 128 valence electrons. The van der Waals surface area contributed by atoms with E-state index in [-0.39, 0.29) is 23.9 Å². The number of anilines is 1. The molecule has 25 heavy (non-hydrogen) atoms. The van der Waals surface area contributed by atoms with Crippen molar-refractivity contribution in [1.29, 1.82) is 0 Å². The predicted octanol–water partition coefficient (Wildman–Crippen LogP) is 5.15. The van der Waals surface area contributed by atoms with Gasteiger partial charge >= 0.3 is 0 Å². The zero-order valence-corrected chi connectivity index (χ0v) is 14.3. The van der Waals surface area contributed by atoms with Gasteiger partial charge in [0.1, 0.15) is 29.8 Å². The Bertz CT molecular complexity index is 894. The molecule has 0 saturated carbocycles. The second kappa shape index (κ2) is 7.48. The zero-order chi connectivity index (χ0) is 17.8. The Morgan fingerprint density at radius 3 is 2.56 bits per heavy atom. The van der Waals surface area contributed by atoms with Gasteiger partial charge in [0.2, 0.25) is 0 Å². The maximum Gasteiger partial charge on any atom is 0.291 e. The van der Waals surface area contributed by atoms with Crippen LogP contribution < -0.4 is 10.1 Å². The third kappa shape index (κ3) is 4.45. The number of rotatable bonds is 5. The summed E-state index contributed by atoms with van der Waals surface area (Å²) in [5.74, 6) is -0.584. The van der Waals surface area contributed by atoms with Gasteiger partial charge in [0.15, 0.2) is 5.76 Å². The first-order valence-electron chi connectivity index (χ1n) is 7.25. The number of halogens is 3. The number of benzene rings is 2. The second-order valence-corrected chi connectivity index (χ2v) is 6.00. The molecule has 4 nitrogen and oxygen atoms in total. The van der Waals surface area contributed by atoms with E-state index in [1.807, 2.05) is 0 Å². The molecular formula is C18H12BrF2NO3. The molecule has 1 N–H and O–H groups in total. The van der Waals surface area contributed by atoms with E-state index >= 15 is 0 Å². The van der Waals surface area contributed by atoms with E-state index in [0.717, 1.165) is 0 Å². The van der Waals surface area contributed by atoms with E-state index in [9.17, 15) is 13.6 Å². The lowest BCUT2D eigenvalue weighted by Gasteiger charge is -2.05. The van der Waals surface area contributed by atoms with Crippen LogP contribution in [0.15, 0.2) is 63.5 Å². The number of hydrogen-bond acceptors (Lipinski definition) is 3. The minimum absolute atomic E-state index is 0.0278. The van der Waals surface area contributed by atoms with Gasteiger partial charge in [-0.05, 0) is 54.6 Å². The van der Waals surface area contributed by atoms with Gasteiger partial charge in [-0.15, -0.1) is 0 Å². The molecule has 0 aliphatic carbocycles. The number of hydrogen-bond donors (Lipinski definition) is 1. The Hall–Kier alpha value is -2.67. The summed E-state index contributed by atoms with van der Waals surface area (Å²) >= 11 is 3.15. The van der Waals surface area contributed by atoms with Crippen molar-refractivity contribution in [2.45, 2.75) is 6.61 Å². The number of furan rings is 1. The summed E-state index contributed by atoms with van der Waals surface area (Å²) in [5.41, 5.74) is 0.0497. The molecule has 3 aromatic rings. The molecule has 0 fully saturated rings. The highest BCUT2D eigenvalue weighted by Crippen LogP contribution is 2.21. The van der Waals surface area contributed by atoms with Gasteiger partial charge in [0.05, 0.1) is 5.69 Å². The topological polar surface area (TPSA) is 51.5 Å². The van der Waals surface area contributed by atoms with Crippen molar-refractivity contribution < 1.29 is 22.7 Å². The number of carbonyl (C=O) groups is 1. The summed E-state index contributed by atoms with van der Waals surface area (Å²) in [6.07, 6.45) is 0. The Morgan fingerprint density at radius 1 is 1.08 bits per heavy atom. The number of ether oxygens (including phenoxy) is 1. The zero-order valence-electron chi connectivity index (χ0n) is 12.8. The number of amides is 1. The minimum atomic E-state index is -0.575. The predicted molar refractivity (Wildman–Crippen MR) is 91.5 cm³/mol. The van der Waals surface area contributed by atoms with E-state index in [4.69, 9.17) is 9.15 Å². The molecule has 0 spiro atoms. The average Bonchev–Trinajstić information content (AvgIpc) is 3.06. The van der Waals surface area contributed by atoms with Crippen molar-refractivity contribution in [1.82, 2.24) is 0 Å². The molecule has 0 saturated heterocycles. The quantitative estimate of drug-likeness (QED) is 0.635. The highest BCUT2D eigenvalue weighted by atomic mass is 79.9. The highest BCUT2D eigenvalue weighted by molar-refractivity contribution is 9.10. The molecule has 0 aliphatic heterocycles. The SMILES string of the molecule is O=C(Nc1ccc(Br)cc1F)c1ccc(COc2ccc(F)cc2)o1. The van der Waals surface area contributed by atoms with Crippen LogP contribution in [0, 0.1) is 11.6 Å². The Morgan fingerprint density at radius 2 is 1.84 bits per heavy atom. The Kier molecular flexibility index (Phi) is 5.14. The Labute approximate surface area is 150 Å². The fraction of sp³-hybridized carbons (Fsp3) is 0.0556. The molecule has 1 heterocycles. The van der Waals surface area contributed by atoms with Crippen LogP contribution in [0.1, 0.15) is 16.3 Å². The van der Waals surface area contributed by atoms with Gasteiger partial charge < -0.3 is 14.5 Å². The third-order valence-corrected chi connectivity index (χ3v) is 3.75.